The fourth-order valence-electron chi connectivity index (χ4n) is 2.46. The molecule has 18 heavy (non-hydrogen) atoms. The third-order valence-electron chi connectivity index (χ3n) is 3.25. The molecule has 1 amide bonds. The summed E-state index contributed by atoms with van der Waals surface area (Å²) in [5.41, 5.74) is -1.72. The lowest BCUT2D eigenvalue weighted by Crippen LogP contribution is -2.39. The molecule has 1 aromatic rings. The molecule has 0 saturated carbocycles. The zero-order valence-corrected chi connectivity index (χ0v) is 9.81. The summed E-state index contributed by atoms with van der Waals surface area (Å²) >= 11 is 0. The van der Waals surface area contributed by atoms with Crippen molar-refractivity contribution in [3.63, 3.8) is 0 Å². The summed E-state index contributed by atoms with van der Waals surface area (Å²) in [5, 5.41) is 0. The summed E-state index contributed by atoms with van der Waals surface area (Å²) in [6.45, 7) is 1.20. The van der Waals surface area contributed by atoms with Crippen molar-refractivity contribution in [1.29, 1.82) is 0 Å². The number of carbonyl (C=O) groups excluding carboxylic acids is 1. The van der Waals surface area contributed by atoms with Crippen LogP contribution in [0.4, 0.5) is 23.2 Å². The summed E-state index contributed by atoms with van der Waals surface area (Å²) < 4.78 is 51.4. The number of benzene rings is 1. The van der Waals surface area contributed by atoms with E-state index in [0.717, 1.165) is 11.0 Å². The quantitative estimate of drug-likeness (QED) is 0.712. The van der Waals surface area contributed by atoms with Gasteiger partial charge in [-0.3, -0.25) is 4.79 Å². The Kier molecular flexibility index (Phi) is 2.64. The molecule has 2 rings (SSSR count). The Hall–Kier alpha value is -1.59. The second-order valence-electron chi connectivity index (χ2n) is 4.62. The van der Waals surface area contributed by atoms with Crippen molar-refractivity contribution < 1.29 is 22.4 Å². The molecular formula is C12H11F4NO. The summed E-state index contributed by atoms with van der Waals surface area (Å²) in [6.07, 6.45) is -5.78. The number of carbonyl (C=O) groups is 1. The van der Waals surface area contributed by atoms with Crippen LogP contribution >= 0.6 is 0 Å². The molecule has 1 heterocycles. The fourth-order valence-corrected chi connectivity index (χ4v) is 2.46. The first-order chi connectivity index (χ1) is 8.17. The van der Waals surface area contributed by atoms with Gasteiger partial charge in [0.2, 0.25) is 5.91 Å². The summed E-state index contributed by atoms with van der Waals surface area (Å²) in [7, 11) is 1.28. The number of amides is 1. The number of fused-ring (bicyclic) bond motifs is 1. The van der Waals surface area contributed by atoms with Crippen LogP contribution < -0.4 is 4.90 Å². The van der Waals surface area contributed by atoms with Gasteiger partial charge in [-0.25, -0.2) is 4.39 Å². The van der Waals surface area contributed by atoms with Crippen LogP contribution in [-0.4, -0.2) is 19.1 Å². The molecule has 1 aliphatic rings. The van der Waals surface area contributed by atoms with Crippen molar-refractivity contribution in [2.75, 3.05) is 11.9 Å². The topological polar surface area (TPSA) is 20.3 Å². The molecule has 0 saturated heterocycles. The minimum absolute atomic E-state index is 0.0609. The molecule has 1 aliphatic heterocycles. The first-order valence-corrected chi connectivity index (χ1v) is 5.31. The Balaban J connectivity index is 2.59. The van der Waals surface area contributed by atoms with Crippen molar-refractivity contribution in [2.24, 2.45) is 0 Å². The highest BCUT2D eigenvalue weighted by Crippen LogP contribution is 2.47. The molecule has 1 unspecified atom stereocenters. The summed E-state index contributed by atoms with van der Waals surface area (Å²) in [6, 6.07) is 3.81. The van der Waals surface area contributed by atoms with Crippen molar-refractivity contribution in [1.82, 2.24) is 0 Å². The maximum absolute atomic E-state index is 13.6. The van der Waals surface area contributed by atoms with Gasteiger partial charge in [-0.1, -0.05) is 12.1 Å². The van der Waals surface area contributed by atoms with Gasteiger partial charge in [0.1, 0.15) is 5.82 Å². The first-order valence-electron chi connectivity index (χ1n) is 5.31. The van der Waals surface area contributed by atoms with E-state index in [-0.39, 0.29) is 11.3 Å². The van der Waals surface area contributed by atoms with Gasteiger partial charge >= 0.3 is 6.18 Å². The number of likely N-dealkylation sites (N-methyl/N-ethyl adjacent to an activating group) is 1. The van der Waals surface area contributed by atoms with Crippen LogP contribution in [0.1, 0.15) is 18.9 Å². The second kappa shape index (κ2) is 3.70. The molecule has 2 nitrogen and oxygen atoms in total. The average Bonchev–Trinajstić information content (AvgIpc) is 2.40. The predicted octanol–water partition coefficient (Wildman–Crippen LogP) is 3.01. The first kappa shape index (κ1) is 12.9. The molecule has 0 aliphatic carbocycles. The lowest BCUT2D eigenvalue weighted by atomic mass is 9.80. The number of hydrogen-bond acceptors (Lipinski definition) is 1. The molecule has 0 radical (unpaired) electrons. The maximum Gasteiger partial charge on any atom is 0.390 e. The molecule has 1 aromatic carbocycles. The van der Waals surface area contributed by atoms with E-state index in [4.69, 9.17) is 0 Å². The molecular weight excluding hydrogens is 250 g/mol. The largest absolute Gasteiger partial charge is 0.390 e. The lowest BCUT2D eigenvalue weighted by Gasteiger charge is -2.24. The Bertz CT molecular complexity index is 511. The van der Waals surface area contributed by atoms with E-state index < -0.39 is 29.7 Å². The van der Waals surface area contributed by atoms with Crippen LogP contribution in [0.2, 0.25) is 0 Å². The van der Waals surface area contributed by atoms with E-state index in [1.807, 2.05) is 0 Å². The van der Waals surface area contributed by atoms with Gasteiger partial charge in [0.25, 0.3) is 0 Å². The van der Waals surface area contributed by atoms with E-state index >= 15 is 0 Å². The Labute approximate surface area is 101 Å². The van der Waals surface area contributed by atoms with E-state index in [0.29, 0.717) is 0 Å². The zero-order valence-electron chi connectivity index (χ0n) is 9.81. The van der Waals surface area contributed by atoms with Gasteiger partial charge in [0.15, 0.2) is 0 Å². The minimum Gasteiger partial charge on any atom is -0.312 e. The van der Waals surface area contributed by atoms with Gasteiger partial charge in [-0.2, -0.15) is 13.2 Å². The van der Waals surface area contributed by atoms with Crippen LogP contribution in [0.3, 0.4) is 0 Å². The van der Waals surface area contributed by atoms with Crippen LogP contribution in [0.5, 0.6) is 0 Å². The second-order valence-corrected chi connectivity index (χ2v) is 4.62. The van der Waals surface area contributed by atoms with Gasteiger partial charge in [-0.15, -0.1) is 0 Å². The molecule has 0 spiro atoms. The van der Waals surface area contributed by atoms with Gasteiger partial charge in [0.05, 0.1) is 17.5 Å². The van der Waals surface area contributed by atoms with Crippen molar-refractivity contribution in [2.45, 2.75) is 24.9 Å². The molecule has 1 atom stereocenters. The van der Waals surface area contributed by atoms with Crippen molar-refractivity contribution >= 4 is 11.6 Å². The van der Waals surface area contributed by atoms with Crippen LogP contribution in [-0.2, 0) is 10.2 Å². The van der Waals surface area contributed by atoms with Gasteiger partial charge in [0, 0.05) is 7.05 Å². The number of anilines is 1. The average molecular weight is 261 g/mol. The minimum atomic E-state index is -4.49. The lowest BCUT2D eigenvalue weighted by molar-refractivity contribution is -0.154. The molecule has 0 bridgehead atoms. The molecule has 98 valence electrons. The van der Waals surface area contributed by atoms with Gasteiger partial charge in [-0.05, 0) is 18.6 Å². The normalized spacial score (nSPS) is 23.4. The maximum atomic E-state index is 13.6. The van der Waals surface area contributed by atoms with Crippen LogP contribution in [0.15, 0.2) is 18.2 Å². The number of nitrogens with zero attached hydrogens (tertiary/aromatic N) is 1. The van der Waals surface area contributed by atoms with Crippen molar-refractivity contribution in [3.8, 4) is 0 Å². The third-order valence-corrected chi connectivity index (χ3v) is 3.25. The number of hydrogen-bond donors (Lipinski definition) is 0. The zero-order chi connectivity index (χ0) is 13.7. The Morgan fingerprint density at radius 2 is 1.94 bits per heavy atom. The monoisotopic (exact) mass is 261 g/mol. The molecule has 0 fully saturated rings. The summed E-state index contributed by atoms with van der Waals surface area (Å²) in [4.78, 5) is 12.9. The van der Waals surface area contributed by atoms with Crippen LogP contribution in [0, 0.1) is 5.82 Å². The highest BCUT2D eigenvalue weighted by atomic mass is 19.4. The van der Waals surface area contributed by atoms with Crippen LogP contribution in [0.25, 0.3) is 0 Å². The highest BCUT2D eigenvalue weighted by molar-refractivity contribution is 6.07. The number of para-hydroxylation sites is 1. The highest BCUT2D eigenvalue weighted by Gasteiger charge is 2.52. The third kappa shape index (κ3) is 1.76. The van der Waals surface area contributed by atoms with E-state index in [1.165, 1.54) is 26.1 Å². The SMILES string of the molecule is CN1C(=O)C(C)(CC(F)(F)F)c2cccc(F)c21. The number of rotatable bonds is 1. The Morgan fingerprint density at radius 3 is 2.50 bits per heavy atom. The predicted molar refractivity (Wildman–Crippen MR) is 57.8 cm³/mol. The fraction of sp³-hybridized carbons (Fsp3) is 0.417. The molecule has 6 heteroatoms. The Morgan fingerprint density at radius 1 is 1.33 bits per heavy atom. The standard InChI is InChI=1S/C12H11F4NO/c1-11(6-12(14,15)16)7-4-3-5-8(13)9(7)17(2)10(11)18/h3-5H,6H2,1-2H3. The smallest absolute Gasteiger partial charge is 0.312 e. The van der Waals surface area contributed by atoms with E-state index in [9.17, 15) is 22.4 Å². The van der Waals surface area contributed by atoms with E-state index in [2.05, 4.69) is 0 Å². The number of alkyl halides is 3. The molecule has 0 N–H and O–H groups in total. The summed E-state index contributed by atoms with van der Waals surface area (Å²) in [5.74, 6) is -1.42. The molecule has 0 aromatic heterocycles. The number of halogens is 4. The van der Waals surface area contributed by atoms with Crippen molar-refractivity contribution in [3.05, 3.63) is 29.6 Å². The van der Waals surface area contributed by atoms with E-state index in [1.54, 1.807) is 0 Å². The van der Waals surface area contributed by atoms with Gasteiger partial charge < -0.3 is 4.90 Å².